The average Bonchev–Trinajstić information content (AvgIpc) is 3.16. The van der Waals surface area contributed by atoms with Gasteiger partial charge in [-0.1, -0.05) is 12.1 Å². The second-order valence-electron chi connectivity index (χ2n) is 8.98. The minimum atomic E-state index is -3.49. The van der Waals surface area contributed by atoms with Crippen LogP contribution in [0.25, 0.3) is 0 Å². The molecule has 0 radical (unpaired) electrons. The topological polar surface area (TPSA) is 128 Å². The van der Waals surface area contributed by atoms with E-state index in [0.29, 0.717) is 25.7 Å². The fourth-order valence-electron chi connectivity index (χ4n) is 4.21. The molecule has 1 heterocycles. The van der Waals surface area contributed by atoms with Gasteiger partial charge in [-0.2, -0.15) is 5.26 Å². The third-order valence-electron chi connectivity index (χ3n) is 6.28. The van der Waals surface area contributed by atoms with Crippen LogP contribution in [0.5, 0.6) is 0 Å². The number of hydrogen-bond donors (Lipinski definition) is 2. The first-order valence-electron chi connectivity index (χ1n) is 10.8. The summed E-state index contributed by atoms with van der Waals surface area (Å²) in [5.41, 5.74) is 0.132. The minimum Gasteiger partial charge on any atom is -0.465 e. The number of nitrogens with one attached hydrogen (secondary N) is 1. The number of aryl methyl sites for hydroxylation is 1. The van der Waals surface area contributed by atoms with Crippen LogP contribution in [0.2, 0.25) is 0 Å². The predicted molar refractivity (Wildman–Crippen MR) is 114 cm³/mol. The van der Waals surface area contributed by atoms with Gasteiger partial charge >= 0.3 is 6.09 Å². The van der Waals surface area contributed by atoms with E-state index in [9.17, 15) is 26.8 Å². The van der Waals surface area contributed by atoms with Crippen molar-refractivity contribution in [2.45, 2.75) is 67.1 Å². The lowest BCUT2D eigenvalue weighted by Crippen LogP contribution is -2.35. The Hall–Kier alpha value is -2.74. The van der Waals surface area contributed by atoms with Gasteiger partial charge in [0, 0.05) is 18.9 Å². The van der Waals surface area contributed by atoms with Crippen LogP contribution in [0.3, 0.4) is 0 Å². The first-order valence-corrected chi connectivity index (χ1v) is 12.3. The first-order chi connectivity index (χ1) is 15.4. The number of alkyl halides is 2. The molecule has 8 nitrogen and oxygen atoms in total. The predicted octanol–water partition coefficient (Wildman–Crippen LogP) is 3.12. The quantitative estimate of drug-likeness (QED) is 0.677. The van der Waals surface area contributed by atoms with Crippen LogP contribution in [0.4, 0.5) is 13.6 Å². The van der Waals surface area contributed by atoms with Gasteiger partial charge in [0.2, 0.25) is 5.91 Å². The lowest BCUT2D eigenvalue weighted by Gasteiger charge is -2.20. The van der Waals surface area contributed by atoms with Gasteiger partial charge in [-0.15, -0.1) is 0 Å². The zero-order chi connectivity index (χ0) is 24.4. The van der Waals surface area contributed by atoms with Gasteiger partial charge in [-0.25, -0.2) is 22.0 Å². The van der Waals surface area contributed by atoms with Crippen molar-refractivity contribution in [3.63, 3.8) is 0 Å². The molecular weight excluding hydrogens is 456 g/mol. The number of hydrogen-bond acceptors (Lipinski definition) is 5. The van der Waals surface area contributed by atoms with Gasteiger partial charge in [0.05, 0.1) is 22.8 Å². The van der Waals surface area contributed by atoms with Gasteiger partial charge in [0.25, 0.3) is 5.92 Å². The summed E-state index contributed by atoms with van der Waals surface area (Å²) in [5, 5.41) is 18.0. The number of rotatable bonds is 4. The SMILES string of the molecule is Cc1cccc(S(=O)(=O)[C@@H]2CC[C@@H](C(=O)N3CCC(F)(F)C3)C2)c1.N#CC1(NC(=O)O)CC1. The molecule has 2 atom stereocenters. The number of carboxylic acid groups (broad SMARTS) is 1. The van der Waals surface area contributed by atoms with Crippen molar-refractivity contribution in [3.05, 3.63) is 29.8 Å². The maximum Gasteiger partial charge on any atom is 0.405 e. The molecule has 180 valence electrons. The monoisotopic (exact) mass is 483 g/mol. The fraction of sp³-hybridized carbons (Fsp3) is 0.591. The van der Waals surface area contributed by atoms with Crippen molar-refractivity contribution in [1.82, 2.24) is 10.2 Å². The van der Waals surface area contributed by atoms with Crippen LogP contribution >= 0.6 is 0 Å². The molecule has 33 heavy (non-hydrogen) atoms. The van der Waals surface area contributed by atoms with E-state index in [1.807, 2.05) is 19.1 Å². The van der Waals surface area contributed by atoms with E-state index in [1.54, 1.807) is 18.2 Å². The second kappa shape index (κ2) is 9.25. The highest BCUT2D eigenvalue weighted by molar-refractivity contribution is 7.92. The van der Waals surface area contributed by atoms with Gasteiger partial charge in [-0.3, -0.25) is 4.79 Å². The molecule has 0 bridgehead atoms. The Morgan fingerprint density at radius 1 is 1.24 bits per heavy atom. The summed E-state index contributed by atoms with van der Waals surface area (Å²) in [5.74, 6) is -3.61. The third kappa shape index (κ3) is 5.99. The van der Waals surface area contributed by atoms with E-state index < -0.39 is 45.1 Å². The lowest BCUT2D eigenvalue weighted by atomic mass is 10.1. The van der Waals surface area contributed by atoms with Crippen LogP contribution in [-0.2, 0) is 14.6 Å². The molecule has 3 aliphatic rings. The van der Waals surface area contributed by atoms with E-state index in [4.69, 9.17) is 10.4 Å². The van der Waals surface area contributed by atoms with Crippen molar-refractivity contribution in [2.24, 2.45) is 5.92 Å². The highest BCUT2D eigenvalue weighted by Gasteiger charge is 2.45. The number of nitrogens with zero attached hydrogens (tertiary/aromatic N) is 2. The summed E-state index contributed by atoms with van der Waals surface area (Å²) >= 11 is 0. The number of carbonyl (C=O) groups excluding carboxylic acids is 1. The van der Waals surface area contributed by atoms with Crippen LogP contribution in [0.1, 0.15) is 44.1 Å². The summed E-state index contributed by atoms with van der Waals surface area (Å²) in [7, 11) is -3.49. The number of sulfone groups is 1. The molecule has 2 saturated carbocycles. The summed E-state index contributed by atoms with van der Waals surface area (Å²) in [6.07, 6.45) is 0.932. The van der Waals surface area contributed by atoms with Crippen molar-refractivity contribution in [3.8, 4) is 6.07 Å². The smallest absolute Gasteiger partial charge is 0.405 e. The Bertz CT molecular complexity index is 1070. The van der Waals surface area contributed by atoms with Gasteiger partial charge in [0.1, 0.15) is 5.54 Å². The van der Waals surface area contributed by atoms with Gasteiger partial charge < -0.3 is 15.3 Å². The molecule has 1 aromatic carbocycles. The number of likely N-dealkylation sites (tertiary alicyclic amines) is 1. The van der Waals surface area contributed by atoms with Gasteiger partial charge in [-0.05, 0) is 56.7 Å². The molecule has 0 spiro atoms. The number of benzene rings is 1. The van der Waals surface area contributed by atoms with Crippen molar-refractivity contribution in [1.29, 1.82) is 5.26 Å². The minimum absolute atomic E-state index is 0.0532. The molecule has 3 fully saturated rings. The maximum absolute atomic E-state index is 13.3. The Balaban J connectivity index is 0.000000286. The molecule has 11 heteroatoms. The Kier molecular flexibility index (Phi) is 6.98. The molecule has 2 aliphatic carbocycles. The standard InChI is InChI=1S/C17H21F2NO3S.C5H6N2O2/c1-12-3-2-4-14(9-12)24(22,23)15-6-5-13(10-15)16(21)20-8-7-17(18,19)11-20;6-3-5(1-2-5)7-4(8)9/h2-4,9,13,15H,5-8,10-11H2,1H3;7H,1-2H2,(H,8,9)/t13-,15-;/m1./s1. The van der Waals surface area contributed by atoms with E-state index >= 15 is 0 Å². The Morgan fingerprint density at radius 3 is 2.42 bits per heavy atom. The second-order valence-corrected chi connectivity index (χ2v) is 11.2. The summed E-state index contributed by atoms with van der Waals surface area (Å²) in [6.45, 7) is 1.34. The highest BCUT2D eigenvalue weighted by atomic mass is 32.2. The average molecular weight is 484 g/mol. The largest absolute Gasteiger partial charge is 0.465 e. The van der Waals surface area contributed by atoms with E-state index in [2.05, 4.69) is 5.32 Å². The van der Waals surface area contributed by atoms with Crippen molar-refractivity contribution < 1.29 is 31.9 Å². The molecule has 1 aromatic rings. The number of nitriles is 1. The van der Waals surface area contributed by atoms with E-state index in [-0.39, 0.29) is 30.2 Å². The van der Waals surface area contributed by atoms with Crippen LogP contribution in [0.15, 0.2) is 29.2 Å². The number of carbonyl (C=O) groups is 2. The molecule has 1 aliphatic heterocycles. The molecule has 2 amide bonds. The van der Waals surface area contributed by atoms with Crippen LogP contribution in [0, 0.1) is 24.2 Å². The first kappa shape index (κ1) is 24.9. The summed E-state index contributed by atoms with van der Waals surface area (Å²) < 4.78 is 52.0. The highest BCUT2D eigenvalue weighted by Crippen LogP contribution is 2.37. The Morgan fingerprint density at radius 2 is 1.94 bits per heavy atom. The molecule has 0 aromatic heterocycles. The maximum atomic E-state index is 13.3. The van der Waals surface area contributed by atoms with Gasteiger partial charge in [0.15, 0.2) is 9.84 Å². The molecule has 0 unspecified atom stereocenters. The fourth-order valence-corrected chi connectivity index (χ4v) is 6.14. The summed E-state index contributed by atoms with van der Waals surface area (Å²) in [6, 6.07) is 8.62. The summed E-state index contributed by atoms with van der Waals surface area (Å²) in [4.78, 5) is 23.8. The van der Waals surface area contributed by atoms with Crippen molar-refractivity contribution >= 4 is 21.8 Å². The normalized spacial score (nSPS) is 24.8. The molecule has 1 saturated heterocycles. The van der Waals surface area contributed by atoms with Crippen molar-refractivity contribution in [2.75, 3.05) is 13.1 Å². The van der Waals surface area contributed by atoms with E-state index in [0.717, 1.165) is 5.56 Å². The molecular formula is C22H27F2N3O5S. The Labute approximate surface area is 191 Å². The van der Waals surface area contributed by atoms with Crippen LogP contribution < -0.4 is 5.32 Å². The number of amides is 2. The zero-order valence-electron chi connectivity index (χ0n) is 18.3. The molecule has 4 rings (SSSR count). The van der Waals surface area contributed by atoms with E-state index in [1.165, 1.54) is 4.90 Å². The van der Waals surface area contributed by atoms with Crippen LogP contribution in [-0.4, -0.2) is 60.2 Å². The lowest BCUT2D eigenvalue weighted by molar-refractivity contribution is -0.135. The molecule has 2 N–H and O–H groups in total. The third-order valence-corrected chi connectivity index (χ3v) is 8.50. The number of halogens is 2. The zero-order valence-corrected chi connectivity index (χ0v) is 19.1.